The van der Waals surface area contributed by atoms with E-state index in [1.807, 2.05) is 6.41 Å². The minimum atomic E-state index is -1.53. The molecule has 1 amide bonds. The van der Waals surface area contributed by atoms with Crippen molar-refractivity contribution in [1.82, 2.24) is 4.90 Å². The maximum atomic E-state index is 10.4. The first-order chi connectivity index (χ1) is 7.58. The van der Waals surface area contributed by atoms with E-state index in [4.69, 9.17) is 4.43 Å². The van der Waals surface area contributed by atoms with Gasteiger partial charge in [0.25, 0.3) is 0 Å². The smallest absolute Gasteiger partial charge is 0.192 e. The maximum absolute atomic E-state index is 10.4. The summed E-state index contributed by atoms with van der Waals surface area (Å²) in [6.45, 7) is 6.45. The summed E-state index contributed by atoms with van der Waals surface area (Å²) in [7, 11) is 0.260. The van der Waals surface area contributed by atoms with Crippen LogP contribution in [0.15, 0.2) is 0 Å². The fraction of sp³-hybridized carbons (Fsp3) is 0.917. The topological polar surface area (TPSA) is 29.5 Å². The van der Waals surface area contributed by atoms with Crippen molar-refractivity contribution >= 4 is 14.7 Å². The summed E-state index contributed by atoms with van der Waals surface area (Å²) < 4.78 is 6.14. The number of hydrogen-bond donors (Lipinski definition) is 0. The fourth-order valence-electron chi connectivity index (χ4n) is 2.34. The Balaban J connectivity index is 0.00000256. The summed E-state index contributed by atoms with van der Waals surface area (Å²) in [6, 6.07) is 1.17. The van der Waals surface area contributed by atoms with Crippen LogP contribution in [0, 0.1) is 0 Å². The summed E-state index contributed by atoms with van der Waals surface area (Å²) in [5.41, 5.74) is 0.750. The molecule has 1 aliphatic heterocycles. The first-order valence-electron chi connectivity index (χ1n) is 6.31. The third kappa shape index (κ3) is 4.57. The number of hydrogen-bond acceptors (Lipinski definition) is 2. The van der Waals surface area contributed by atoms with Crippen LogP contribution in [0.25, 0.3) is 0 Å². The Bertz CT molecular complexity index is 231. The Morgan fingerprint density at radius 2 is 2.18 bits per heavy atom. The van der Waals surface area contributed by atoms with E-state index in [-0.39, 0.29) is 0 Å². The van der Waals surface area contributed by atoms with Crippen molar-refractivity contribution in [3.8, 4) is 0 Å². The number of nitrogens with zero attached hydrogens (tertiary/aromatic N) is 1. The SMILES string of the molecule is CC1CCCCO[Si]1(C)CCCN(C)[C-]=O.[Rf]. The van der Waals surface area contributed by atoms with E-state index in [9.17, 15) is 4.79 Å². The van der Waals surface area contributed by atoms with Crippen molar-refractivity contribution in [3.05, 3.63) is 0 Å². The van der Waals surface area contributed by atoms with Gasteiger partial charge in [0, 0.05) is 6.61 Å². The molecule has 2 unspecified atom stereocenters. The van der Waals surface area contributed by atoms with E-state index in [1.165, 1.54) is 25.3 Å². The predicted molar refractivity (Wildman–Crippen MR) is 68.6 cm³/mol. The molecule has 1 heterocycles. The van der Waals surface area contributed by atoms with Crippen LogP contribution in [0.5, 0.6) is 0 Å². The Kier molecular flexibility index (Phi) is 6.50. The number of carbonyl (C=O) groups excluding carboxylic acids is 1. The van der Waals surface area contributed by atoms with Crippen LogP contribution >= 0.6 is 0 Å². The molecule has 5 heteroatoms. The first-order valence-corrected chi connectivity index (χ1v) is 9.00. The minimum absolute atomic E-state index is 0. The van der Waals surface area contributed by atoms with E-state index < -0.39 is 8.32 Å². The molecular formula is C12H24NO2RfSi-. The van der Waals surface area contributed by atoms with Crippen LogP contribution in [0.2, 0.25) is 18.1 Å². The molecule has 17 heavy (non-hydrogen) atoms. The number of amides is 1. The van der Waals surface area contributed by atoms with Crippen LogP contribution < -0.4 is 0 Å². The Hall–Kier alpha value is -1.35. The molecule has 2 atom stereocenters. The van der Waals surface area contributed by atoms with E-state index in [1.54, 1.807) is 11.9 Å². The van der Waals surface area contributed by atoms with Crippen molar-refractivity contribution < 1.29 is 9.22 Å². The van der Waals surface area contributed by atoms with E-state index >= 15 is 0 Å². The molecule has 1 aliphatic rings. The molecule has 3 nitrogen and oxygen atoms in total. The minimum Gasteiger partial charge on any atom is -0.520 e. The van der Waals surface area contributed by atoms with Gasteiger partial charge in [0.2, 0.25) is 0 Å². The molecule has 96 valence electrons. The predicted octanol–water partition coefficient (Wildman–Crippen LogP) is 2.54. The zero-order valence-corrected chi connectivity index (χ0v) is 18.9. The van der Waals surface area contributed by atoms with Crippen molar-refractivity contribution in [1.29, 1.82) is 0 Å². The molecule has 1 rings (SSSR count). The standard InChI is InChI=1S/C12H24NO2Si.Rf/c1-12-7-4-5-9-15-16(12,3)10-6-8-13(2)11-14;/h12H,4-10H2,1-3H3;/q-1;. The Labute approximate surface area is 100 Å². The van der Waals surface area contributed by atoms with Gasteiger partial charge in [0.1, 0.15) is 0 Å². The van der Waals surface area contributed by atoms with Gasteiger partial charge in [-0.05, 0) is 44.6 Å². The first kappa shape index (κ1) is 15.6. The monoisotopic (exact) mass is 509 g/mol. The molecule has 0 saturated carbocycles. The van der Waals surface area contributed by atoms with Crippen LogP contribution in [-0.2, 0) is 9.22 Å². The zero-order valence-electron chi connectivity index (χ0n) is 11.5. The molecule has 0 aromatic rings. The molecule has 0 aliphatic carbocycles. The van der Waals surface area contributed by atoms with Crippen molar-refractivity contribution in [2.24, 2.45) is 0 Å². The molecule has 1 fully saturated rings. The van der Waals surface area contributed by atoms with Crippen LogP contribution in [0.1, 0.15) is 32.6 Å². The van der Waals surface area contributed by atoms with Crippen LogP contribution in [0.4, 0.5) is 0 Å². The third-order valence-electron chi connectivity index (χ3n) is 3.83. The molecule has 1 saturated heterocycles. The molecule has 0 radical (unpaired) electrons. The van der Waals surface area contributed by atoms with Gasteiger partial charge in [0.15, 0.2) is 8.32 Å². The summed E-state index contributed by atoms with van der Waals surface area (Å²) in [5, 5.41) is 0. The van der Waals surface area contributed by atoms with Gasteiger partial charge in [-0.15, -0.1) is 0 Å². The van der Waals surface area contributed by atoms with Gasteiger partial charge in [0.05, 0.1) is 0 Å². The molecule has 0 N–H and O–H groups in total. The average Bonchev–Trinajstić information content (AvgIpc) is 2.42. The van der Waals surface area contributed by atoms with E-state index in [0.29, 0.717) is 0 Å². The molecule has 0 aromatic carbocycles. The fourth-order valence-corrected chi connectivity index (χ4v) is 5.54. The molecule has 0 aromatic heterocycles. The third-order valence-corrected chi connectivity index (χ3v) is 8.41. The summed E-state index contributed by atoms with van der Waals surface area (Å²) in [5.74, 6) is 0. The second-order valence-electron chi connectivity index (χ2n) is 5.17. The van der Waals surface area contributed by atoms with Gasteiger partial charge in [-0.3, -0.25) is 0 Å². The zero-order chi connectivity index (χ0) is 12.0. The van der Waals surface area contributed by atoms with E-state index in [2.05, 4.69) is 13.5 Å². The average molecular weight is 509 g/mol. The largest absolute Gasteiger partial charge is 0.520 e. The maximum Gasteiger partial charge on any atom is 0.192 e. The molecular weight excluding hydrogens is 485 g/mol. The van der Waals surface area contributed by atoms with Gasteiger partial charge in [-0.2, -0.15) is 6.41 Å². The summed E-state index contributed by atoms with van der Waals surface area (Å²) in [4.78, 5) is 12.0. The van der Waals surface area contributed by atoms with Gasteiger partial charge >= 0.3 is 0 Å². The van der Waals surface area contributed by atoms with Gasteiger partial charge in [-0.1, -0.05) is 19.8 Å². The Morgan fingerprint density at radius 1 is 1.47 bits per heavy atom. The van der Waals surface area contributed by atoms with Crippen LogP contribution in [-0.4, -0.2) is 39.8 Å². The van der Waals surface area contributed by atoms with Gasteiger partial charge in [-0.25, -0.2) is 0 Å². The second kappa shape index (κ2) is 7.07. The van der Waals surface area contributed by atoms with Crippen molar-refractivity contribution in [3.63, 3.8) is 0 Å². The molecule has 0 bridgehead atoms. The number of rotatable bonds is 5. The van der Waals surface area contributed by atoms with Crippen molar-refractivity contribution in [2.45, 2.75) is 50.7 Å². The quantitative estimate of drug-likeness (QED) is 0.324. The van der Waals surface area contributed by atoms with Crippen LogP contribution in [0.3, 0.4) is 0 Å². The summed E-state index contributed by atoms with van der Waals surface area (Å²) >= 11 is 0. The Morgan fingerprint density at radius 3 is 2.82 bits per heavy atom. The normalized spacial score (nSPS) is 29.0. The van der Waals surface area contributed by atoms with Gasteiger partial charge < -0.3 is 14.1 Å². The van der Waals surface area contributed by atoms with Crippen molar-refractivity contribution in [2.75, 3.05) is 20.2 Å². The van der Waals surface area contributed by atoms with E-state index in [0.717, 1.165) is 25.1 Å². The second-order valence-corrected chi connectivity index (χ2v) is 9.57. The summed E-state index contributed by atoms with van der Waals surface area (Å²) in [6.07, 6.45) is 6.80. The molecule has 0 spiro atoms.